The van der Waals surface area contributed by atoms with Gasteiger partial charge in [-0.05, 0) is 32.1 Å². The van der Waals surface area contributed by atoms with E-state index in [1.165, 1.54) is 7.11 Å². The fourth-order valence-electron chi connectivity index (χ4n) is 3.32. The van der Waals surface area contributed by atoms with Crippen LogP contribution in [0.3, 0.4) is 0 Å². The summed E-state index contributed by atoms with van der Waals surface area (Å²) in [5.74, 6) is -0.600. The van der Waals surface area contributed by atoms with Crippen molar-refractivity contribution in [1.82, 2.24) is 16.0 Å². The zero-order chi connectivity index (χ0) is 30.9. The van der Waals surface area contributed by atoms with Crippen LogP contribution in [-0.2, 0) is 42.7 Å². The van der Waals surface area contributed by atoms with Crippen molar-refractivity contribution in [1.29, 1.82) is 0 Å². The summed E-state index contributed by atoms with van der Waals surface area (Å²) in [5, 5.41) is 8.05. The van der Waals surface area contributed by atoms with Crippen molar-refractivity contribution in [3.63, 3.8) is 0 Å². The predicted octanol–water partition coefficient (Wildman–Crippen LogP) is 2.20. The van der Waals surface area contributed by atoms with E-state index in [4.69, 9.17) is 28.4 Å². The normalized spacial score (nSPS) is 11.7. The van der Waals surface area contributed by atoms with Crippen molar-refractivity contribution in [3.8, 4) is 0 Å². The second kappa shape index (κ2) is 31.9. The summed E-state index contributed by atoms with van der Waals surface area (Å²) in [7, 11) is 1.22. The first-order valence-electron chi connectivity index (χ1n) is 15.4. The van der Waals surface area contributed by atoms with Gasteiger partial charge in [-0.2, -0.15) is 0 Å². The van der Waals surface area contributed by atoms with Gasteiger partial charge in [0.15, 0.2) is 0 Å². The number of amides is 3. The summed E-state index contributed by atoms with van der Waals surface area (Å²) in [6.45, 7) is 11.7. The lowest BCUT2D eigenvalue weighted by atomic mass is 10.1. The molecular formula is C29H57N3O10. The molecule has 248 valence electrons. The topological polar surface area (TPSA) is 152 Å². The smallest absolute Gasteiger partial charge is 0.407 e. The molecule has 0 radical (unpaired) electrons. The Balaban J connectivity index is 3.87. The molecule has 1 atom stereocenters. The highest BCUT2D eigenvalue weighted by atomic mass is 16.6. The Morgan fingerprint density at radius 2 is 0.976 bits per heavy atom. The highest BCUT2D eigenvalue weighted by Gasteiger charge is 2.21. The molecule has 3 amide bonds. The molecule has 0 aliphatic rings. The van der Waals surface area contributed by atoms with E-state index in [9.17, 15) is 14.4 Å². The first-order chi connectivity index (χ1) is 20.5. The number of hydrogen-bond acceptors (Lipinski definition) is 10. The standard InChI is InChI=1S/C29H57N3O10/c1-4-6-14-37-18-22-41-24-20-39-16-8-12-30-27(33)11-10-26(32-29(35)36-3)28(34)31-13-9-17-40-21-25-42-23-19-38-15-7-5-2/h26H,4-25H2,1-3H3,(H,30,33)(H,31,34)(H,32,35). The molecule has 0 rings (SSSR count). The van der Waals surface area contributed by atoms with Gasteiger partial charge < -0.3 is 49.1 Å². The summed E-state index contributed by atoms with van der Waals surface area (Å²) >= 11 is 0. The van der Waals surface area contributed by atoms with E-state index in [0.717, 1.165) is 38.9 Å². The molecule has 0 bridgehead atoms. The van der Waals surface area contributed by atoms with Crippen LogP contribution < -0.4 is 16.0 Å². The third-order valence-electron chi connectivity index (χ3n) is 5.78. The molecule has 0 aromatic carbocycles. The molecule has 3 N–H and O–H groups in total. The maximum atomic E-state index is 12.6. The number of rotatable bonds is 31. The summed E-state index contributed by atoms with van der Waals surface area (Å²) in [5.41, 5.74) is 0. The molecule has 42 heavy (non-hydrogen) atoms. The minimum atomic E-state index is -0.891. The van der Waals surface area contributed by atoms with Crippen LogP contribution >= 0.6 is 0 Å². The fraction of sp³-hybridized carbons (Fsp3) is 0.897. The number of carbonyl (C=O) groups is 3. The van der Waals surface area contributed by atoms with Crippen LogP contribution in [0.5, 0.6) is 0 Å². The van der Waals surface area contributed by atoms with E-state index in [0.29, 0.717) is 92.0 Å². The van der Waals surface area contributed by atoms with Gasteiger partial charge in [-0.3, -0.25) is 9.59 Å². The van der Waals surface area contributed by atoms with Crippen molar-refractivity contribution < 1.29 is 47.5 Å². The van der Waals surface area contributed by atoms with Gasteiger partial charge in [0, 0.05) is 45.9 Å². The largest absolute Gasteiger partial charge is 0.453 e. The van der Waals surface area contributed by atoms with E-state index in [1.807, 2.05) is 0 Å². The van der Waals surface area contributed by atoms with E-state index < -0.39 is 12.1 Å². The van der Waals surface area contributed by atoms with E-state index in [1.54, 1.807) is 0 Å². The lowest BCUT2D eigenvalue weighted by molar-refractivity contribution is -0.124. The number of ether oxygens (including phenoxy) is 7. The van der Waals surface area contributed by atoms with Crippen molar-refractivity contribution in [2.45, 2.75) is 71.3 Å². The summed E-state index contributed by atoms with van der Waals surface area (Å²) in [4.78, 5) is 36.5. The Morgan fingerprint density at radius 3 is 1.40 bits per heavy atom. The Kier molecular flexibility index (Phi) is 30.4. The average molecular weight is 608 g/mol. The van der Waals surface area contributed by atoms with Gasteiger partial charge in [0.25, 0.3) is 0 Å². The molecule has 0 saturated heterocycles. The molecule has 0 aromatic heterocycles. The van der Waals surface area contributed by atoms with E-state index >= 15 is 0 Å². The van der Waals surface area contributed by atoms with Crippen LogP contribution in [0.1, 0.15) is 65.2 Å². The lowest BCUT2D eigenvalue weighted by Gasteiger charge is -2.17. The van der Waals surface area contributed by atoms with E-state index in [-0.39, 0.29) is 24.7 Å². The van der Waals surface area contributed by atoms with Crippen molar-refractivity contribution in [2.24, 2.45) is 0 Å². The zero-order valence-electron chi connectivity index (χ0n) is 26.2. The molecule has 0 heterocycles. The highest BCUT2D eigenvalue weighted by Crippen LogP contribution is 2.00. The second-order valence-corrected chi connectivity index (χ2v) is 9.46. The van der Waals surface area contributed by atoms with Gasteiger partial charge in [0.1, 0.15) is 6.04 Å². The van der Waals surface area contributed by atoms with Gasteiger partial charge >= 0.3 is 6.09 Å². The van der Waals surface area contributed by atoms with E-state index in [2.05, 4.69) is 34.5 Å². The minimum absolute atomic E-state index is 0.0733. The van der Waals surface area contributed by atoms with Gasteiger partial charge in [0.2, 0.25) is 11.8 Å². The maximum Gasteiger partial charge on any atom is 0.407 e. The highest BCUT2D eigenvalue weighted by molar-refractivity contribution is 5.86. The number of unbranched alkanes of at least 4 members (excludes halogenated alkanes) is 2. The van der Waals surface area contributed by atoms with Crippen LogP contribution in [0.4, 0.5) is 4.79 Å². The molecule has 0 aliphatic carbocycles. The average Bonchev–Trinajstić information content (AvgIpc) is 2.99. The number of hydrogen-bond donors (Lipinski definition) is 3. The Hall–Kier alpha value is -2.03. The summed E-state index contributed by atoms with van der Waals surface area (Å²) in [6.07, 6.45) is 5.06. The molecule has 0 fully saturated rings. The van der Waals surface area contributed by atoms with Crippen molar-refractivity contribution in [3.05, 3.63) is 0 Å². The minimum Gasteiger partial charge on any atom is -0.453 e. The number of methoxy groups -OCH3 is 1. The monoisotopic (exact) mass is 607 g/mol. The van der Waals surface area contributed by atoms with Crippen LogP contribution in [-0.4, -0.2) is 123 Å². The summed E-state index contributed by atoms with van der Waals surface area (Å²) < 4.78 is 37.3. The van der Waals surface area contributed by atoms with Gasteiger partial charge in [-0.15, -0.1) is 0 Å². The van der Waals surface area contributed by atoms with Crippen LogP contribution in [0.25, 0.3) is 0 Å². The number of alkyl carbamates (subject to hydrolysis) is 1. The van der Waals surface area contributed by atoms with Crippen molar-refractivity contribution >= 4 is 17.9 Å². The maximum absolute atomic E-state index is 12.6. The Morgan fingerprint density at radius 1 is 0.571 bits per heavy atom. The Labute approximate surface area is 252 Å². The molecule has 0 spiro atoms. The molecule has 0 aromatic rings. The zero-order valence-corrected chi connectivity index (χ0v) is 26.2. The third kappa shape index (κ3) is 28.1. The second-order valence-electron chi connectivity index (χ2n) is 9.46. The quantitative estimate of drug-likeness (QED) is 0.100. The molecule has 1 unspecified atom stereocenters. The molecule has 0 saturated carbocycles. The molecule has 13 nitrogen and oxygen atoms in total. The van der Waals surface area contributed by atoms with Crippen LogP contribution in [0.15, 0.2) is 0 Å². The van der Waals surface area contributed by atoms with Crippen LogP contribution in [0, 0.1) is 0 Å². The number of nitrogens with one attached hydrogen (secondary N) is 3. The number of carbonyl (C=O) groups excluding carboxylic acids is 3. The third-order valence-corrected chi connectivity index (χ3v) is 5.78. The van der Waals surface area contributed by atoms with Gasteiger partial charge in [0.05, 0.1) is 60.0 Å². The predicted molar refractivity (Wildman–Crippen MR) is 159 cm³/mol. The first kappa shape index (κ1) is 40.0. The molecule has 0 aliphatic heterocycles. The lowest BCUT2D eigenvalue weighted by Crippen LogP contribution is -2.47. The van der Waals surface area contributed by atoms with Crippen molar-refractivity contribution in [2.75, 3.05) is 99.5 Å². The summed E-state index contributed by atoms with van der Waals surface area (Å²) in [6, 6.07) is -0.891. The first-order valence-corrected chi connectivity index (χ1v) is 15.4. The Bertz CT molecular complexity index is 643. The van der Waals surface area contributed by atoms with Gasteiger partial charge in [-0.25, -0.2) is 4.79 Å². The van der Waals surface area contributed by atoms with Crippen LogP contribution in [0.2, 0.25) is 0 Å². The molecule has 13 heteroatoms. The fourth-order valence-corrected chi connectivity index (χ4v) is 3.32. The molecular weight excluding hydrogens is 550 g/mol. The SMILES string of the molecule is CCCCOCCOCCOCCCNC(=O)CCC(NC(=O)OC)C(=O)NCCCOCCOCCOCCCC. The van der Waals surface area contributed by atoms with Gasteiger partial charge in [-0.1, -0.05) is 26.7 Å².